The van der Waals surface area contributed by atoms with Gasteiger partial charge in [0.05, 0.1) is 0 Å². The van der Waals surface area contributed by atoms with Crippen LogP contribution in [0.2, 0.25) is 0 Å². The van der Waals surface area contributed by atoms with E-state index < -0.39 is 0 Å². The van der Waals surface area contributed by atoms with Gasteiger partial charge in [-0.1, -0.05) is 20.3 Å². The van der Waals surface area contributed by atoms with Crippen LogP contribution in [0.4, 0.5) is 0 Å². The van der Waals surface area contributed by atoms with Gasteiger partial charge < -0.3 is 0 Å². The molecule has 0 aliphatic carbocycles. The van der Waals surface area contributed by atoms with Crippen molar-refractivity contribution in [2.75, 3.05) is 0 Å². The maximum atomic E-state index is 2.12. The zero-order valence-corrected chi connectivity index (χ0v) is 6.38. The molecule has 0 unspecified atom stereocenters. The Labute approximate surface area is 40.4 Å². The number of rotatable bonds is 0. The fourth-order valence-electron chi connectivity index (χ4n) is 0. The zero-order valence-electron chi connectivity index (χ0n) is 3.41. The van der Waals surface area contributed by atoms with Crippen molar-refractivity contribution in [3.8, 4) is 0 Å². The van der Waals surface area contributed by atoms with Gasteiger partial charge in [-0.15, -0.1) is 0 Å². The van der Waals surface area contributed by atoms with E-state index in [1.165, 1.54) is 6.42 Å². The molecule has 0 aliphatic rings. The number of hydrogen-bond donors (Lipinski definition) is 0. The minimum atomic E-state index is 0. The first kappa shape index (κ1) is 8.82. The molecule has 0 bridgehead atoms. The Morgan fingerprint density at radius 3 is 1.25 bits per heavy atom. The van der Waals surface area contributed by atoms with Crippen LogP contribution in [0.1, 0.15) is 20.3 Å². The Morgan fingerprint density at radius 2 is 1.25 bits per heavy atom. The molecule has 0 aliphatic heterocycles. The Morgan fingerprint density at radius 1 is 1.25 bits per heavy atom. The van der Waals surface area contributed by atoms with Crippen molar-refractivity contribution in [1.29, 1.82) is 0 Å². The minimum absolute atomic E-state index is 0. The Kier molecular flexibility index (Phi) is 20.9. The van der Waals surface area contributed by atoms with E-state index >= 15 is 0 Å². The van der Waals surface area contributed by atoms with Gasteiger partial charge in [-0.3, -0.25) is 0 Å². The molecule has 20 valence electrons. The van der Waals surface area contributed by atoms with E-state index in [0.717, 1.165) is 0 Å². The average molecular weight is 109 g/mol. The van der Waals surface area contributed by atoms with Crippen molar-refractivity contribution in [2.24, 2.45) is 0 Å². The third-order valence-corrected chi connectivity index (χ3v) is 0. The van der Waals surface area contributed by atoms with Crippen LogP contribution in [0, 0.1) is 0 Å². The summed E-state index contributed by atoms with van der Waals surface area (Å²) in [6, 6.07) is 0. The minimum Gasteiger partial charge on any atom is -0.0656 e. The van der Waals surface area contributed by atoms with Crippen LogP contribution in [-0.2, 0) is 19.5 Å². The second-order valence-corrected chi connectivity index (χ2v) is 0.707. The molecular formula is C3H8Zn+2. The quantitative estimate of drug-likeness (QED) is 0.413. The second kappa shape index (κ2) is 9.46. The molecule has 0 saturated carbocycles. The van der Waals surface area contributed by atoms with E-state index in [-0.39, 0.29) is 19.5 Å². The maximum Gasteiger partial charge on any atom is 2.00 e. The van der Waals surface area contributed by atoms with Gasteiger partial charge in [0.2, 0.25) is 0 Å². The summed E-state index contributed by atoms with van der Waals surface area (Å²) < 4.78 is 0. The van der Waals surface area contributed by atoms with E-state index in [0.29, 0.717) is 0 Å². The molecule has 0 heterocycles. The molecule has 0 fully saturated rings. The maximum absolute atomic E-state index is 2.12. The van der Waals surface area contributed by atoms with E-state index in [2.05, 4.69) is 13.8 Å². The Balaban J connectivity index is 0. The first-order valence-electron chi connectivity index (χ1n) is 1.41. The van der Waals surface area contributed by atoms with E-state index in [9.17, 15) is 0 Å². The van der Waals surface area contributed by atoms with E-state index in [1.54, 1.807) is 0 Å². The molecule has 0 spiro atoms. The predicted octanol–water partition coefficient (Wildman–Crippen LogP) is 1.41. The zero-order chi connectivity index (χ0) is 2.71. The van der Waals surface area contributed by atoms with Gasteiger partial charge in [0.15, 0.2) is 0 Å². The van der Waals surface area contributed by atoms with Crippen LogP contribution in [-0.4, -0.2) is 0 Å². The second-order valence-electron chi connectivity index (χ2n) is 0.707. The third kappa shape index (κ3) is 17.8. The van der Waals surface area contributed by atoms with Crippen molar-refractivity contribution in [2.45, 2.75) is 20.3 Å². The fraction of sp³-hybridized carbons (Fsp3) is 1.00. The van der Waals surface area contributed by atoms with Crippen molar-refractivity contribution < 1.29 is 19.5 Å². The van der Waals surface area contributed by atoms with Crippen LogP contribution < -0.4 is 0 Å². The van der Waals surface area contributed by atoms with Crippen LogP contribution in [0.3, 0.4) is 0 Å². The standard InChI is InChI=1S/C3H8.Zn/c1-3-2;/h3H2,1-2H3;/q;+2. The molecular weight excluding hydrogens is 101 g/mol. The molecule has 1 heteroatoms. The van der Waals surface area contributed by atoms with Crippen LogP contribution >= 0.6 is 0 Å². The van der Waals surface area contributed by atoms with E-state index in [1.807, 2.05) is 0 Å². The fourth-order valence-corrected chi connectivity index (χ4v) is 0. The van der Waals surface area contributed by atoms with E-state index in [4.69, 9.17) is 0 Å². The van der Waals surface area contributed by atoms with Crippen molar-refractivity contribution >= 4 is 0 Å². The van der Waals surface area contributed by atoms with Crippen LogP contribution in [0.15, 0.2) is 0 Å². The van der Waals surface area contributed by atoms with Gasteiger partial charge in [-0.2, -0.15) is 0 Å². The molecule has 0 saturated heterocycles. The summed E-state index contributed by atoms with van der Waals surface area (Å²) in [6.07, 6.45) is 1.25. The van der Waals surface area contributed by atoms with Crippen LogP contribution in [0.5, 0.6) is 0 Å². The van der Waals surface area contributed by atoms with Gasteiger partial charge in [-0.25, -0.2) is 0 Å². The number of hydrogen-bond acceptors (Lipinski definition) is 0. The Hall–Kier alpha value is 0.623. The molecule has 0 N–H and O–H groups in total. The summed E-state index contributed by atoms with van der Waals surface area (Å²) >= 11 is 0. The third-order valence-electron chi connectivity index (χ3n) is 0. The topological polar surface area (TPSA) is 0 Å². The smallest absolute Gasteiger partial charge is 0.0656 e. The van der Waals surface area contributed by atoms with Crippen molar-refractivity contribution in [1.82, 2.24) is 0 Å². The molecule has 0 rings (SSSR count). The summed E-state index contributed by atoms with van der Waals surface area (Å²) in [6.45, 7) is 4.25. The molecule has 0 radical (unpaired) electrons. The van der Waals surface area contributed by atoms with Crippen molar-refractivity contribution in [3.05, 3.63) is 0 Å². The summed E-state index contributed by atoms with van der Waals surface area (Å²) in [5.74, 6) is 0. The molecule has 0 nitrogen and oxygen atoms in total. The SMILES string of the molecule is CCC.[Zn+2]. The first-order valence-corrected chi connectivity index (χ1v) is 1.41. The van der Waals surface area contributed by atoms with Gasteiger partial charge >= 0.3 is 19.5 Å². The van der Waals surface area contributed by atoms with Gasteiger partial charge in [0.1, 0.15) is 0 Å². The summed E-state index contributed by atoms with van der Waals surface area (Å²) in [5, 5.41) is 0. The van der Waals surface area contributed by atoms with Crippen LogP contribution in [0.25, 0.3) is 0 Å². The Bertz CT molecular complexity index is 3.25. The molecule has 0 aromatic rings. The molecule has 4 heavy (non-hydrogen) atoms. The predicted molar refractivity (Wildman–Crippen MR) is 16.0 cm³/mol. The summed E-state index contributed by atoms with van der Waals surface area (Å²) in [5.41, 5.74) is 0. The van der Waals surface area contributed by atoms with Crippen molar-refractivity contribution in [3.63, 3.8) is 0 Å². The summed E-state index contributed by atoms with van der Waals surface area (Å²) in [7, 11) is 0. The molecule has 0 amide bonds. The van der Waals surface area contributed by atoms with Gasteiger partial charge in [0.25, 0.3) is 0 Å². The molecule has 0 aromatic carbocycles. The average Bonchev–Trinajstić information content (AvgIpc) is 0.918. The monoisotopic (exact) mass is 108 g/mol. The normalized spacial score (nSPS) is 4.50. The summed E-state index contributed by atoms with van der Waals surface area (Å²) in [4.78, 5) is 0. The first-order chi connectivity index (χ1) is 1.41. The molecule has 0 aromatic heterocycles. The largest absolute Gasteiger partial charge is 2.00 e. The van der Waals surface area contributed by atoms with Gasteiger partial charge in [0, 0.05) is 0 Å². The molecule has 0 atom stereocenters. The van der Waals surface area contributed by atoms with Gasteiger partial charge in [-0.05, 0) is 0 Å².